The van der Waals surface area contributed by atoms with E-state index < -0.39 is 11.8 Å². The van der Waals surface area contributed by atoms with Gasteiger partial charge in [-0.3, -0.25) is 9.59 Å². The topological polar surface area (TPSA) is 104 Å². The van der Waals surface area contributed by atoms with Crippen molar-refractivity contribution < 1.29 is 14.4 Å². The number of nitriles is 1. The molecule has 1 aliphatic carbocycles. The van der Waals surface area contributed by atoms with Gasteiger partial charge in [0.05, 0.1) is 5.56 Å². The van der Waals surface area contributed by atoms with Crippen LogP contribution in [-0.2, 0) is 27.3 Å². The van der Waals surface area contributed by atoms with E-state index in [0.29, 0.717) is 16.3 Å². The molecule has 0 radical (unpaired) electrons. The first-order valence-electron chi connectivity index (χ1n) is 8.94. The van der Waals surface area contributed by atoms with Crippen LogP contribution in [0.4, 0.5) is 10.7 Å². The summed E-state index contributed by atoms with van der Waals surface area (Å²) in [6.07, 6.45) is 4.96. The number of rotatable bonds is 6. The highest BCUT2D eigenvalue weighted by molar-refractivity contribution is 7.16. The van der Waals surface area contributed by atoms with Crippen LogP contribution in [0.5, 0.6) is 0 Å². The minimum absolute atomic E-state index is 0.345. The molecule has 28 heavy (non-hydrogen) atoms. The summed E-state index contributed by atoms with van der Waals surface area (Å²) in [5.74, 6) is -0.881. The predicted molar refractivity (Wildman–Crippen MR) is 109 cm³/mol. The van der Waals surface area contributed by atoms with Crippen molar-refractivity contribution in [3.05, 3.63) is 45.8 Å². The summed E-state index contributed by atoms with van der Waals surface area (Å²) in [5.41, 5.74) is 3.34. The monoisotopic (exact) mass is 396 g/mol. The Balaban J connectivity index is 1.47. The number of nitrogens with one attached hydrogen (secondary N) is 2. The number of fused-ring (bicyclic) bond motifs is 1. The molecule has 7 nitrogen and oxygen atoms in total. The highest BCUT2D eigenvalue weighted by Crippen LogP contribution is 2.37. The fourth-order valence-electron chi connectivity index (χ4n) is 2.93. The molecule has 2 N–H and O–H groups in total. The summed E-state index contributed by atoms with van der Waals surface area (Å²) in [7, 11) is 0. The fourth-order valence-corrected chi connectivity index (χ4v) is 4.18. The zero-order chi connectivity index (χ0) is 19.9. The Morgan fingerprint density at radius 1 is 1.25 bits per heavy atom. The summed E-state index contributed by atoms with van der Waals surface area (Å²) < 4.78 is 0. The van der Waals surface area contributed by atoms with Crippen molar-refractivity contribution in [1.82, 2.24) is 0 Å². The molecule has 3 rings (SSSR count). The van der Waals surface area contributed by atoms with Crippen LogP contribution in [-0.4, -0.2) is 24.6 Å². The second kappa shape index (κ2) is 9.15. The number of nitrogens with zero attached hydrogens (tertiary/aromatic N) is 2. The van der Waals surface area contributed by atoms with Crippen LogP contribution in [0.25, 0.3) is 0 Å². The van der Waals surface area contributed by atoms with Gasteiger partial charge in [-0.05, 0) is 50.3 Å². The predicted octanol–water partition coefficient (Wildman–Crippen LogP) is 3.39. The van der Waals surface area contributed by atoms with Gasteiger partial charge in [-0.2, -0.15) is 5.26 Å². The molecule has 1 heterocycles. The average molecular weight is 396 g/mol. The van der Waals surface area contributed by atoms with E-state index in [1.165, 1.54) is 16.2 Å². The molecule has 2 amide bonds. The molecule has 1 aliphatic rings. The number of amides is 2. The van der Waals surface area contributed by atoms with E-state index in [4.69, 9.17) is 4.84 Å². The highest BCUT2D eigenvalue weighted by atomic mass is 32.1. The molecular formula is C20H20N4O3S. The Kier molecular flexibility index (Phi) is 6.40. The van der Waals surface area contributed by atoms with Crippen LogP contribution in [0, 0.1) is 18.3 Å². The summed E-state index contributed by atoms with van der Waals surface area (Å²) in [5, 5.41) is 18.8. The molecule has 0 spiro atoms. The number of hydrogen-bond acceptors (Lipinski definition) is 6. The molecule has 0 bridgehead atoms. The summed E-state index contributed by atoms with van der Waals surface area (Å²) >= 11 is 1.45. The van der Waals surface area contributed by atoms with Crippen molar-refractivity contribution >= 4 is 40.1 Å². The minimum Gasteiger partial charge on any atom is -0.385 e. The van der Waals surface area contributed by atoms with Crippen molar-refractivity contribution in [1.29, 1.82) is 5.26 Å². The molecule has 144 valence electrons. The molecule has 1 aromatic heterocycles. The molecule has 8 heteroatoms. The Labute approximate surface area is 167 Å². The van der Waals surface area contributed by atoms with Crippen LogP contribution in [0.2, 0.25) is 0 Å². The zero-order valence-electron chi connectivity index (χ0n) is 15.4. The van der Waals surface area contributed by atoms with Crippen molar-refractivity contribution in [2.24, 2.45) is 5.16 Å². The number of aryl methyl sites for hydroxylation is 2. The lowest BCUT2D eigenvalue weighted by molar-refractivity contribution is -0.120. The van der Waals surface area contributed by atoms with E-state index >= 15 is 0 Å². The normalized spacial score (nSPS) is 12.9. The lowest BCUT2D eigenvalue weighted by atomic mass is 9.96. The lowest BCUT2D eigenvalue weighted by Crippen LogP contribution is -2.18. The van der Waals surface area contributed by atoms with E-state index in [-0.39, 0.29) is 6.61 Å². The van der Waals surface area contributed by atoms with Gasteiger partial charge in [-0.1, -0.05) is 22.9 Å². The maximum absolute atomic E-state index is 12.0. The van der Waals surface area contributed by atoms with Crippen LogP contribution < -0.4 is 10.6 Å². The van der Waals surface area contributed by atoms with E-state index in [2.05, 4.69) is 21.9 Å². The van der Waals surface area contributed by atoms with Gasteiger partial charge in [-0.25, -0.2) is 0 Å². The maximum atomic E-state index is 12.0. The third kappa shape index (κ3) is 4.96. The highest BCUT2D eigenvalue weighted by Gasteiger charge is 2.21. The molecule has 2 aromatic rings. The van der Waals surface area contributed by atoms with Gasteiger partial charge >= 0.3 is 0 Å². The van der Waals surface area contributed by atoms with E-state index in [1.807, 2.05) is 19.1 Å². The Morgan fingerprint density at radius 3 is 2.75 bits per heavy atom. The first-order chi connectivity index (χ1) is 13.6. The molecule has 0 saturated heterocycles. The van der Waals surface area contributed by atoms with Crippen LogP contribution in [0.15, 0.2) is 29.4 Å². The molecular weight excluding hydrogens is 376 g/mol. The SMILES string of the molecule is Cc1ccc(NC(=O)/C=N\OCC(=O)Nc2sc3c(c2C#N)CCCC3)cc1. The summed E-state index contributed by atoms with van der Waals surface area (Å²) in [6, 6.07) is 9.51. The quantitative estimate of drug-likeness (QED) is 0.577. The van der Waals surface area contributed by atoms with Gasteiger partial charge in [0.2, 0.25) is 0 Å². The first kappa shape index (κ1) is 19.6. The van der Waals surface area contributed by atoms with Gasteiger partial charge in [0, 0.05) is 10.6 Å². The summed E-state index contributed by atoms with van der Waals surface area (Å²) in [6.45, 7) is 1.61. The zero-order valence-corrected chi connectivity index (χ0v) is 16.3. The number of oxime groups is 1. The largest absolute Gasteiger partial charge is 0.385 e. The van der Waals surface area contributed by atoms with Crippen molar-refractivity contribution in [3.8, 4) is 6.07 Å². The third-order valence-corrected chi connectivity index (χ3v) is 5.50. The molecule has 0 fully saturated rings. The first-order valence-corrected chi connectivity index (χ1v) is 9.76. The van der Waals surface area contributed by atoms with Crippen LogP contribution >= 0.6 is 11.3 Å². The van der Waals surface area contributed by atoms with Crippen LogP contribution in [0.1, 0.15) is 34.4 Å². The van der Waals surface area contributed by atoms with Gasteiger partial charge in [0.1, 0.15) is 17.3 Å². The van der Waals surface area contributed by atoms with Gasteiger partial charge in [0.25, 0.3) is 11.8 Å². The smallest absolute Gasteiger partial charge is 0.270 e. The number of carbonyl (C=O) groups is 2. The summed E-state index contributed by atoms with van der Waals surface area (Å²) in [4.78, 5) is 29.9. The minimum atomic E-state index is -0.457. The number of carbonyl (C=O) groups excluding carboxylic acids is 2. The second-order valence-electron chi connectivity index (χ2n) is 6.44. The fraction of sp³-hybridized carbons (Fsp3) is 0.300. The Bertz CT molecular complexity index is 942. The van der Waals surface area contributed by atoms with E-state index in [1.54, 1.807) is 12.1 Å². The van der Waals surface area contributed by atoms with Crippen molar-refractivity contribution in [2.45, 2.75) is 32.6 Å². The van der Waals surface area contributed by atoms with Gasteiger partial charge in [0.15, 0.2) is 6.61 Å². The average Bonchev–Trinajstić information content (AvgIpc) is 3.04. The molecule has 1 aromatic carbocycles. The number of thiophene rings is 1. The molecule has 0 unspecified atom stereocenters. The van der Waals surface area contributed by atoms with E-state index in [0.717, 1.165) is 43.0 Å². The van der Waals surface area contributed by atoms with Crippen LogP contribution in [0.3, 0.4) is 0 Å². The second-order valence-corrected chi connectivity index (χ2v) is 7.54. The van der Waals surface area contributed by atoms with Gasteiger partial charge in [-0.15, -0.1) is 11.3 Å². The molecule has 0 aliphatic heterocycles. The number of hydrogen-bond donors (Lipinski definition) is 2. The van der Waals surface area contributed by atoms with E-state index in [9.17, 15) is 14.9 Å². The molecule has 0 atom stereocenters. The Morgan fingerprint density at radius 2 is 2.00 bits per heavy atom. The van der Waals surface area contributed by atoms with Crippen molar-refractivity contribution in [3.63, 3.8) is 0 Å². The molecule has 0 saturated carbocycles. The number of anilines is 2. The van der Waals surface area contributed by atoms with Crippen molar-refractivity contribution in [2.75, 3.05) is 17.2 Å². The number of benzene rings is 1. The third-order valence-electron chi connectivity index (χ3n) is 4.30. The standard InChI is InChI=1S/C20H20N4O3S/c1-13-6-8-14(9-7-13)23-18(25)11-22-27-12-19(26)24-20-16(10-21)15-4-2-3-5-17(15)28-20/h6-9,11H,2-5,12H2,1H3,(H,23,25)(H,24,26)/b22-11-. The Hall–Kier alpha value is -3.18. The van der Waals surface area contributed by atoms with Gasteiger partial charge < -0.3 is 15.5 Å². The lowest BCUT2D eigenvalue weighted by Gasteiger charge is -2.09. The maximum Gasteiger partial charge on any atom is 0.270 e.